The van der Waals surface area contributed by atoms with E-state index in [4.69, 9.17) is 23.2 Å². The first-order valence-electron chi connectivity index (χ1n) is 5.48. The molecule has 0 saturated heterocycles. The lowest BCUT2D eigenvalue weighted by Gasteiger charge is -2.06. The summed E-state index contributed by atoms with van der Waals surface area (Å²) in [6, 6.07) is 4.71. The maximum atomic E-state index is 11.7. The predicted octanol–water partition coefficient (Wildman–Crippen LogP) is 2.25. The second-order valence-electron chi connectivity index (χ2n) is 3.72. The smallest absolute Gasteiger partial charge is 0.251 e. The van der Waals surface area contributed by atoms with E-state index in [0.717, 1.165) is 0 Å². The summed E-state index contributed by atoms with van der Waals surface area (Å²) in [5, 5.41) is 6.14. The number of carbonyl (C=O) groups excluding carboxylic acids is 2. The maximum Gasteiger partial charge on any atom is 0.251 e. The van der Waals surface area contributed by atoms with Gasteiger partial charge in [0.15, 0.2) is 0 Å². The molecule has 0 bridgehead atoms. The van der Waals surface area contributed by atoms with Gasteiger partial charge < -0.3 is 10.6 Å². The summed E-state index contributed by atoms with van der Waals surface area (Å²) < 4.78 is 0. The van der Waals surface area contributed by atoms with Crippen LogP contribution in [-0.2, 0) is 4.79 Å². The lowest BCUT2D eigenvalue weighted by Crippen LogP contribution is -2.28. The second kappa shape index (κ2) is 7.24. The van der Waals surface area contributed by atoms with Crippen molar-refractivity contribution < 1.29 is 9.59 Å². The first kappa shape index (κ1) is 14.8. The third-order valence-electron chi connectivity index (χ3n) is 2.19. The number of rotatable bonds is 5. The van der Waals surface area contributed by atoms with Gasteiger partial charge in [-0.3, -0.25) is 9.59 Å². The van der Waals surface area contributed by atoms with E-state index in [1.807, 2.05) is 0 Å². The largest absolute Gasteiger partial charge is 0.356 e. The van der Waals surface area contributed by atoms with Gasteiger partial charge in [0.1, 0.15) is 0 Å². The van der Waals surface area contributed by atoms with Crippen molar-refractivity contribution in [2.24, 2.45) is 0 Å². The van der Waals surface area contributed by atoms with Gasteiger partial charge in [0.25, 0.3) is 5.91 Å². The molecule has 0 heterocycles. The molecule has 1 aromatic rings. The third kappa shape index (κ3) is 4.94. The predicted molar refractivity (Wildman–Crippen MR) is 72.1 cm³/mol. The van der Waals surface area contributed by atoms with Gasteiger partial charge in [0.2, 0.25) is 5.91 Å². The van der Waals surface area contributed by atoms with E-state index in [9.17, 15) is 9.59 Å². The highest BCUT2D eigenvalue weighted by atomic mass is 35.5. The van der Waals surface area contributed by atoms with Crippen LogP contribution in [0.4, 0.5) is 0 Å². The van der Waals surface area contributed by atoms with Crippen LogP contribution in [0, 0.1) is 0 Å². The van der Waals surface area contributed by atoms with Gasteiger partial charge in [-0.2, -0.15) is 0 Å². The molecule has 4 nitrogen and oxygen atoms in total. The minimum absolute atomic E-state index is 0.0780. The number of hydrogen-bond donors (Lipinski definition) is 2. The molecule has 18 heavy (non-hydrogen) atoms. The summed E-state index contributed by atoms with van der Waals surface area (Å²) in [6.07, 6.45) is 0.673. The lowest BCUT2D eigenvalue weighted by atomic mass is 10.2. The van der Waals surface area contributed by atoms with E-state index in [1.54, 1.807) is 12.1 Å². The Balaban J connectivity index is 2.36. The van der Waals surface area contributed by atoms with Crippen molar-refractivity contribution >= 4 is 35.0 Å². The molecule has 6 heteroatoms. The molecule has 0 aliphatic carbocycles. The van der Waals surface area contributed by atoms with Crippen molar-refractivity contribution in [2.45, 2.75) is 13.3 Å². The molecule has 1 rings (SSSR count). The molecule has 0 aliphatic rings. The van der Waals surface area contributed by atoms with Crippen LogP contribution in [0.3, 0.4) is 0 Å². The van der Waals surface area contributed by atoms with Crippen molar-refractivity contribution in [1.82, 2.24) is 10.6 Å². The summed E-state index contributed by atoms with van der Waals surface area (Å²) in [5.74, 6) is -0.290. The molecule has 0 unspecified atom stereocenters. The van der Waals surface area contributed by atoms with Gasteiger partial charge in [-0.25, -0.2) is 0 Å². The van der Waals surface area contributed by atoms with Crippen LogP contribution in [0.5, 0.6) is 0 Å². The van der Waals surface area contributed by atoms with Crippen molar-refractivity contribution in [3.63, 3.8) is 0 Å². The number of benzene rings is 1. The number of carbonyl (C=O) groups is 2. The van der Waals surface area contributed by atoms with Crippen LogP contribution in [0.2, 0.25) is 10.0 Å². The standard InChI is InChI=1S/C12H14Cl2N2O2/c1-8(17)15-5-2-6-16-12(18)9-3-4-10(13)11(14)7-9/h3-4,7H,2,5-6H2,1H3,(H,15,17)(H,16,18). The van der Waals surface area contributed by atoms with Gasteiger partial charge in [-0.15, -0.1) is 0 Å². The van der Waals surface area contributed by atoms with E-state index >= 15 is 0 Å². The Kier molecular flexibility index (Phi) is 5.95. The SMILES string of the molecule is CC(=O)NCCCNC(=O)c1ccc(Cl)c(Cl)c1. The first-order valence-corrected chi connectivity index (χ1v) is 6.24. The Bertz CT molecular complexity index is 450. The molecular weight excluding hydrogens is 275 g/mol. The number of hydrogen-bond acceptors (Lipinski definition) is 2. The zero-order valence-corrected chi connectivity index (χ0v) is 11.4. The highest BCUT2D eigenvalue weighted by Gasteiger charge is 2.07. The molecule has 0 fully saturated rings. The molecule has 0 atom stereocenters. The zero-order chi connectivity index (χ0) is 13.5. The van der Waals surface area contributed by atoms with Gasteiger partial charge in [0, 0.05) is 25.6 Å². The lowest BCUT2D eigenvalue weighted by molar-refractivity contribution is -0.118. The van der Waals surface area contributed by atoms with E-state index in [-0.39, 0.29) is 11.8 Å². The Morgan fingerprint density at radius 3 is 2.39 bits per heavy atom. The Hall–Kier alpha value is -1.26. The maximum absolute atomic E-state index is 11.7. The topological polar surface area (TPSA) is 58.2 Å². The van der Waals surface area contributed by atoms with E-state index in [1.165, 1.54) is 13.0 Å². The summed E-state index contributed by atoms with van der Waals surface area (Å²) in [7, 11) is 0. The fourth-order valence-corrected chi connectivity index (χ4v) is 1.59. The average molecular weight is 289 g/mol. The fraction of sp³-hybridized carbons (Fsp3) is 0.333. The van der Waals surface area contributed by atoms with Crippen molar-refractivity contribution in [3.8, 4) is 0 Å². The summed E-state index contributed by atoms with van der Waals surface area (Å²) in [4.78, 5) is 22.3. The van der Waals surface area contributed by atoms with Gasteiger partial charge >= 0.3 is 0 Å². The molecule has 0 spiro atoms. The minimum Gasteiger partial charge on any atom is -0.356 e. The monoisotopic (exact) mass is 288 g/mol. The highest BCUT2D eigenvalue weighted by Crippen LogP contribution is 2.22. The quantitative estimate of drug-likeness (QED) is 0.817. The molecule has 2 amide bonds. The highest BCUT2D eigenvalue weighted by molar-refractivity contribution is 6.42. The van der Waals surface area contributed by atoms with Crippen LogP contribution in [-0.4, -0.2) is 24.9 Å². The first-order chi connectivity index (χ1) is 8.50. The molecule has 0 radical (unpaired) electrons. The summed E-state index contributed by atoms with van der Waals surface area (Å²) in [6.45, 7) is 2.48. The fourth-order valence-electron chi connectivity index (χ4n) is 1.29. The molecule has 1 aromatic carbocycles. The molecule has 2 N–H and O–H groups in total. The van der Waals surface area contributed by atoms with Crippen molar-refractivity contribution in [2.75, 3.05) is 13.1 Å². The summed E-state index contributed by atoms with van der Waals surface area (Å²) in [5.41, 5.74) is 0.462. The van der Waals surface area contributed by atoms with Gasteiger partial charge in [0.05, 0.1) is 10.0 Å². The van der Waals surface area contributed by atoms with Crippen LogP contribution >= 0.6 is 23.2 Å². The van der Waals surface area contributed by atoms with E-state index in [0.29, 0.717) is 35.1 Å². The van der Waals surface area contributed by atoms with E-state index < -0.39 is 0 Å². The average Bonchev–Trinajstić information content (AvgIpc) is 2.31. The number of amides is 2. The normalized spacial score (nSPS) is 9.94. The summed E-state index contributed by atoms with van der Waals surface area (Å²) >= 11 is 11.6. The van der Waals surface area contributed by atoms with E-state index in [2.05, 4.69) is 10.6 Å². The van der Waals surface area contributed by atoms with Crippen LogP contribution in [0.1, 0.15) is 23.7 Å². The van der Waals surface area contributed by atoms with Gasteiger partial charge in [-0.1, -0.05) is 23.2 Å². The Morgan fingerprint density at radius 1 is 1.11 bits per heavy atom. The van der Waals surface area contributed by atoms with Crippen molar-refractivity contribution in [1.29, 1.82) is 0 Å². The third-order valence-corrected chi connectivity index (χ3v) is 2.93. The molecule has 98 valence electrons. The van der Waals surface area contributed by atoms with Crippen LogP contribution in [0.25, 0.3) is 0 Å². The van der Waals surface area contributed by atoms with Crippen LogP contribution in [0.15, 0.2) is 18.2 Å². The molecule has 0 aliphatic heterocycles. The number of nitrogens with one attached hydrogen (secondary N) is 2. The van der Waals surface area contributed by atoms with Gasteiger partial charge in [-0.05, 0) is 24.6 Å². The molecule has 0 saturated carbocycles. The molecule has 0 aromatic heterocycles. The Labute approximate surface area is 116 Å². The second-order valence-corrected chi connectivity index (χ2v) is 4.54. The van der Waals surface area contributed by atoms with Crippen LogP contribution < -0.4 is 10.6 Å². The van der Waals surface area contributed by atoms with Crippen molar-refractivity contribution in [3.05, 3.63) is 33.8 Å². The Morgan fingerprint density at radius 2 is 1.78 bits per heavy atom. The number of halogens is 2. The molecular formula is C12H14Cl2N2O2. The minimum atomic E-state index is -0.212. The zero-order valence-electron chi connectivity index (χ0n) is 9.93.